The number of primary amides is 1. The number of benzene rings is 1. The predicted octanol–water partition coefficient (Wildman–Crippen LogP) is 3.39. The summed E-state index contributed by atoms with van der Waals surface area (Å²) in [5.74, 6) is -1.50. The van der Waals surface area contributed by atoms with Gasteiger partial charge in [0.1, 0.15) is 10.3 Å². The molecule has 6 nitrogen and oxygen atoms in total. The second-order valence-corrected chi connectivity index (χ2v) is 9.09. The van der Waals surface area contributed by atoms with E-state index in [9.17, 15) is 14.4 Å². The molecular weight excluding hydrogens is 396 g/mol. The number of ether oxygens (including phenoxy) is 1. The van der Waals surface area contributed by atoms with Gasteiger partial charge in [0.2, 0.25) is 0 Å². The lowest BCUT2D eigenvalue weighted by molar-refractivity contribution is -0.152. The fourth-order valence-electron chi connectivity index (χ4n) is 3.04. The van der Waals surface area contributed by atoms with E-state index in [1.807, 2.05) is 30.3 Å². The van der Waals surface area contributed by atoms with Gasteiger partial charge in [0.05, 0.1) is 5.56 Å². The molecule has 0 radical (unpaired) electrons. The van der Waals surface area contributed by atoms with Gasteiger partial charge in [-0.05, 0) is 50.8 Å². The number of anilines is 1. The van der Waals surface area contributed by atoms with Crippen molar-refractivity contribution in [2.45, 2.75) is 49.4 Å². The van der Waals surface area contributed by atoms with E-state index in [0.717, 1.165) is 34.6 Å². The smallest absolute Gasteiger partial charge is 0.319 e. The number of carbonyl (C=O) groups excluding carboxylic acids is 3. The van der Waals surface area contributed by atoms with Crippen molar-refractivity contribution in [1.82, 2.24) is 0 Å². The van der Waals surface area contributed by atoms with Crippen molar-refractivity contribution in [3.63, 3.8) is 0 Å². The van der Waals surface area contributed by atoms with Crippen molar-refractivity contribution in [2.24, 2.45) is 5.73 Å². The summed E-state index contributed by atoms with van der Waals surface area (Å²) in [6.45, 7) is 3.25. The highest BCUT2D eigenvalue weighted by Crippen LogP contribution is 2.38. The number of rotatable bonds is 7. The summed E-state index contributed by atoms with van der Waals surface area (Å²) in [5, 5.41) is 2.70. The van der Waals surface area contributed by atoms with Crippen molar-refractivity contribution in [2.75, 3.05) is 5.32 Å². The largest absolute Gasteiger partial charge is 0.452 e. The molecule has 0 bridgehead atoms. The van der Waals surface area contributed by atoms with E-state index in [1.54, 1.807) is 6.92 Å². The maximum atomic E-state index is 12.5. The van der Waals surface area contributed by atoms with Crippen LogP contribution in [0.1, 0.15) is 41.1 Å². The number of hydrogen-bond donors (Lipinski definition) is 2. The van der Waals surface area contributed by atoms with Gasteiger partial charge >= 0.3 is 5.97 Å². The topological polar surface area (TPSA) is 98.5 Å². The highest BCUT2D eigenvalue weighted by Gasteiger charge is 2.28. The Bertz CT molecular complexity index is 895. The van der Waals surface area contributed by atoms with Gasteiger partial charge in [0.25, 0.3) is 11.8 Å². The molecule has 28 heavy (non-hydrogen) atoms. The summed E-state index contributed by atoms with van der Waals surface area (Å²) in [4.78, 5) is 38.7. The monoisotopic (exact) mass is 418 g/mol. The summed E-state index contributed by atoms with van der Waals surface area (Å²) in [6.07, 6.45) is 1.68. The zero-order valence-electron chi connectivity index (χ0n) is 15.7. The fraction of sp³-hybridized carbons (Fsp3) is 0.350. The van der Waals surface area contributed by atoms with Crippen LogP contribution >= 0.6 is 23.1 Å². The average Bonchev–Trinajstić information content (AvgIpc) is 3.22. The van der Waals surface area contributed by atoms with E-state index >= 15 is 0 Å². The number of amides is 2. The van der Waals surface area contributed by atoms with E-state index in [2.05, 4.69) is 5.32 Å². The lowest BCUT2D eigenvalue weighted by Crippen LogP contribution is -2.32. The van der Waals surface area contributed by atoms with Crippen molar-refractivity contribution < 1.29 is 19.1 Å². The number of aryl methyl sites for hydroxylation is 1. The van der Waals surface area contributed by atoms with Crippen LogP contribution in [0.25, 0.3) is 0 Å². The van der Waals surface area contributed by atoms with Crippen LogP contribution in [-0.2, 0) is 27.2 Å². The molecule has 148 valence electrons. The van der Waals surface area contributed by atoms with Crippen LogP contribution < -0.4 is 11.1 Å². The van der Waals surface area contributed by atoms with Gasteiger partial charge in [-0.2, -0.15) is 0 Å². The Kier molecular flexibility index (Phi) is 6.41. The van der Waals surface area contributed by atoms with E-state index in [1.165, 1.54) is 30.0 Å². The van der Waals surface area contributed by atoms with E-state index in [4.69, 9.17) is 10.5 Å². The van der Waals surface area contributed by atoms with Crippen LogP contribution in [0.5, 0.6) is 0 Å². The standard InChI is InChI=1S/C20H22N2O4S2/c1-11(26-20(25)12(2)27-13-7-4-3-5-8-13)18(24)22-19-16(17(21)23)14-9-6-10-15(14)28-19/h3-5,7-8,11-12H,6,9-10H2,1-2H3,(H2,21,23)(H,22,24)/t11-,12-/m0/s1. The Morgan fingerprint density at radius 3 is 2.57 bits per heavy atom. The van der Waals surface area contributed by atoms with Gasteiger partial charge in [-0.3, -0.25) is 14.4 Å². The van der Waals surface area contributed by atoms with Gasteiger partial charge in [-0.25, -0.2) is 0 Å². The first-order valence-corrected chi connectivity index (χ1v) is 10.7. The van der Waals surface area contributed by atoms with Gasteiger partial charge in [-0.1, -0.05) is 18.2 Å². The third-order valence-electron chi connectivity index (χ3n) is 4.45. The van der Waals surface area contributed by atoms with Crippen molar-refractivity contribution in [1.29, 1.82) is 0 Å². The molecule has 8 heteroatoms. The summed E-state index contributed by atoms with van der Waals surface area (Å²) in [5.41, 5.74) is 6.83. The molecule has 3 rings (SSSR count). The summed E-state index contributed by atoms with van der Waals surface area (Å²) < 4.78 is 5.31. The SMILES string of the molecule is C[C@H](OC(=O)[C@H](C)Sc1ccccc1)C(=O)Nc1sc2c(c1C(N)=O)CCC2. The zero-order chi connectivity index (χ0) is 20.3. The minimum atomic E-state index is -0.982. The molecule has 0 saturated heterocycles. The first-order valence-electron chi connectivity index (χ1n) is 9.04. The molecule has 0 aliphatic heterocycles. The molecule has 1 aromatic carbocycles. The number of hydrogen-bond acceptors (Lipinski definition) is 6. The molecule has 0 spiro atoms. The Morgan fingerprint density at radius 1 is 1.18 bits per heavy atom. The Hall–Kier alpha value is -2.32. The minimum Gasteiger partial charge on any atom is -0.452 e. The number of nitrogens with one attached hydrogen (secondary N) is 1. The molecule has 0 unspecified atom stereocenters. The number of thioether (sulfide) groups is 1. The van der Waals surface area contributed by atoms with Crippen LogP contribution in [0.3, 0.4) is 0 Å². The molecular formula is C20H22N2O4S2. The summed E-state index contributed by atoms with van der Waals surface area (Å²) in [6, 6.07) is 9.51. The van der Waals surface area contributed by atoms with Crippen molar-refractivity contribution in [3.8, 4) is 0 Å². The number of thiophene rings is 1. The Balaban J connectivity index is 1.60. The number of esters is 1. The Labute approximate surface area is 171 Å². The molecule has 2 amide bonds. The molecule has 1 aliphatic carbocycles. The zero-order valence-corrected chi connectivity index (χ0v) is 17.3. The van der Waals surface area contributed by atoms with Gasteiger partial charge in [-0.15, -0.1) is 23.1 Å². The molecule has 1 aromatic heterocycles. The molecule has 3 N–H and O–H groups in total. The summed E-state index contributed by atoms with van der Waals surface area (Å²) >= 11 is 2.74. The van der Waals surface area contributed by atoms with E-state index in [0.29, 0.717) is 10.6 Å². The van der Waals surface area contributed by atoms with Crippen LogP contribution in [0, 0.1) is 0 Å². The van der Waals surface area contributed by atoms with E-state index < -0.39 is 29.1 Å². The van der Waals surface area contributed by atoms with Crippen LogP contribution in [0.15, 0.2) is 35.2 Å². The van der Waals surface area contributed by atoms with Crippen LogP contribution in [0.4, 0.5) is 5.00 Å². The van der Waals surface area contributed by atoms with Crippen LogP contribution in [0.2, 0.25) is 0 Å². The quantitative estimate of drug-likeness (QED) is 0.530. The first-order chi connectivity index (χ1) is 13.4. The predicted molar refractivity (Wildman–Crippen MR) is 111 cm³/mol. The fourth-order valence-corrected chi connectivity index (χ4v) is 5.21. The molecule has 2 atom stereocenters. The second kappa shape index (κ2) is 8.79. The van der Waals surface area contributed by atoms with Crippen molar-refractivity contribution >= 4 is 45.9 Å². The third-order valence-corrected chi connectivity index (χ3v) is 6.75. The maximum Gasteiger partial charge on any atom is 0.319 e. The third kappa shape index (κ3) is 4.56. The Morgan fingerprint density at radius 2 is 1.89 bits per heavy atom. The summed E-state index contributed by atoms with van der Waals surface area (Å²) in [7, 11) is 0. The molecule has 1 heterocycles. The minimum absolute atomic E-state index is 0.386. The van der Waals surface area contributed by atoms with Gasteiger partial charge < -0.3 is 15.8 Å². The molecule has 2 aromatic rings. The van der Waals surface area contributed by atoms with Gasteiger partial charge in [0, 0.05) is 9.77 Å². The number of fused-ring (bicyclic) bond motifs is 1. The number of nitrogens with two attached hydrogens (primary N) is 1. The maximum absolute atomic E-state index is 12.5. The first kappa shape index (κ1) is 20.4. The van der Waals surface area contributed by atoms with Crippen LogP contribution in [-0.4, -0.2) is 29.1 Å². The second-order valence-electron chi connectivity index (χ2n) is 6.57. The van der Waals surface area contributed by atoms with E-state index in [-0.39, 0.29) is 0 Å². The number of carbonyl (C=O) groups is 3. The molecule has 0 fully saturated rings. The van der Waals surface area contributed by atoms with Crippen molar-refractivity contribution in [3.05, 3.63) is 46.3 Å². The normalized spacial score (nSPS) is 14.8. The highest BCUT2D eigenvalue weighted by atomic mass is 32.2. The lowest BCUT2D eigenvalue weighted by atomic mass is 10.1. The average molecular weight is 419 g/mol. The molecule has 1 aliphatic rings. The highest BCUT2D eigenvalue weighted by molar-refractivity contribution is 8.00. The lowest BCUT2D eigenvalue weighted by Gasteiger charge is -2.16. The molecule has 0 saturated carbocycles. The van der Waals surface area contributed by atoms with Gasteiger partial charge in [0.15, 0.2) is 6.10 Å².